The van der Waals surface area contributed by atoms with Crippen molar-refractivity contribution in [3.63, 3.8) is 0 Å². The zero-order valence-corrected chi connectivity index (χ0v) is 18.6. The summed E-state index contributed by atoms with van der Waals surface area (Å²) in [4.78, 5) is 4.71. The first kappa shape index (κ1) is 20.7. The standard InChI is InChI=1S/C31H26N2/c1-23-21-27(24-13-5-2-6-14-24)31(28(22-23)25-15-7-3-8-16-25)33-30(26-17-9-4-10-18-26)29-19-11-12-20-32-29/h2-22,30,33H,1H3. The van der Waals surface area contributed by atoms with Crippen molar-refractivity contribution in [3.05, 3.63) is 144 Å². The molecule has 1 unspecified atom stereocenters. The molecule has 0 fully saturated rings. The first-order valence-corrected chi connectivity index (χ1v) is 11.3. The van der Waals surface area contributed by atoms with Crippen LogP contribution >= 0.6 is 0 Å². The monoisotopic (exact) mass is 426 g/mol. The third kappa shape index (κ3) is 4.56. The van der Waals surface area contributed by atoms with E-state index in [1.807, 2.05) is 18.3 Å². The van der Waals surface area contributed by atoms with Crippen LogP contribution in [0, 0.1) is 6.92 Å². The summed E-state index contributed by atoms with van der Waals surface area (Å²) >= 11 is 0. The highest BCUT2D eigenvalue weighted by Crippen LogP contribution is 2.41. The van der Waals surface area contributed by atoms with Crippen molar-refractivity contribution in [1.82, 2.24) is 4.98 Å². The molecule has 5 aromatic rings. The van der Waals surface area contributed by atoms with E-state index in [4.69, 9.17) is 4.98 Å². The van der Waals surface area contributed by atoms with E-state index >= 15 is 0 Å². The Morgan fingerprint density at radius 1 is 0.606 bits per heavy atom. The van der Waals surface area contributed by atoms with Crippen LogP contribution in [0.1, 0.15) is 22.9 Å². The molecule has 1 heterocycles. The number of nitrogens with one attached hydrogen (secondary N) is 1. The quantitative estimate of drug-likeness (QED) is 0.298. The Morgan fingerprint density at radius 3 is 1.64 bits per heavy atom. The van der Waals surface area contributed by atoms with Gasteiger partial charge in [-0.2, -0.15) is 0 Å². The average molecular weight is 427 g/mol. The molecule has 0 aliphatic carbocycles. The molecule has 0 saturated heterocycles. The van der Waals surface area contributed by atoms with Gasteiger partial charge in [-0.25, -0.2) is 0 Å². The largest absolute Gasteiger partial charge is 0.372 e. The van der Waals surface area contributed by atoms with Crippen LogP contribution in [0.3, 0.4) is 0 Å². The molecule has 4 aromatic carbocycles. The summed E-state index contributed by atoms with van der Waals surface area (Å²) in [7, 11) is 0. The van der Waals surface area contributed by atoms with Gasteiger partial charge in [0.15, 0.2) is 0 Å². The fraction of sp³-hybridized carbons (Fsp3) is 0.0645. The van der Waals surface area contributed by atoms with Crippen molar-refractivity contribution < 1.29 is 0 Å². The summed E-state index contributed by atoms with van der Waals surface area (Å²) in [6, 6.07) is 42.3. The number of aryl methyl sites for hydroxylation is 1. The number of anilines is 1. The fourth-order valence-corrected chi connectivity index (χ4v) is 4.30. The van der Waals surface area contributed by atoms with Crippen molar-refractivity contribution in [3.8, 4) is 22.3 Å². The lowest BCUT2D eigenvalue weighted by Crippen LogP contribution is -2.15. The number of pyridine rings is 1. The minimum Gasteiger partial charge on any atom is -0.372 e. The third-order valence-corrected chi connectivity index (χ3v) is 5.86. The minimum atomic E-state index is -0.0833. The highest BCUT2D eigenvalue weighted by molar-refractivity contribution is 5.91. The molecule has 1 N–H and O–H groups in total. The highest BCUT2D eigenvalue weighted by atomic mass is 15.0. The average Bonchev–Trinajstić information content (AvgIpc) is 2.89. The lowest BCUT2D eigenvalue weighted by atomic mass is 9.92. The summed E-state index contributed by atoms with van der Waals surface area (Å²) in [5.41, 5.74) is 9.25. The van der Waals surface area contributed by atoms with Gasteiger partial charge in [-0.05, 0) is 53.4 Å². The second-order valence-corrected chi connectivity index (χ2v) is 8.21. The molecule has 0 bridgehead atoms. The van der Waals surface area contributed by atoms with Crippen molar-refractivity contribution in [1.29, 1.82) is 0 Å². The first-order chi connectivity index (χ1) is 16.3. The van der Waals surface area contributed by atoms with Gasteiger partial charge < -0.3 is 5.32 Å². The van der Waals surface area contributed by atoms with E-state index < -0.39 is 0 Å². The van der Waals surface area contributed by atoms with Crippen LogP contribution in [-0.2, 0) is 0 Å². The van der Waals surface area contributed by atoms with E-state index in [2.05, 4.69) is 121 Å². The first-order valence-electron chi connectivity index (χ1n) is 11.3. The van der Waals surface area contributed by atoms with Gasteiger partial charge in [0.1, 0.15) is 0 Å². The van der Waals surface area contributed by atoms with E-state index in [-0.39, 0.29) is 6.04 Å². The van der Waals surface area contributed by atoms with E-state index in [1.54, 1.807) is 0 Å². The van der Waals surface area contributed by atoms with Crippen LogP contribution in [0.5, 0.6) is 0 Å². The molecule has 0 spiro atoms. The predicted molar refractivity (Wildman–Crippen MR) is 138 cm³/mol. The van der Waals surface area contributed by atoms with Crippen LogP contribution in [-0.4, -0.2) is 4.98 Å². The van der Waals surface area contributed by atoms with Crippen molar-refractivity contribution in [2.24, 2.45) is 0 Å². The van der Waals surface area contributed by atoms with Crippen molar-refractivity contribution in [2.45, 2.75) is 13.0 Å². The molecule has 1 aromatic heterocycles. The summed E-state index contributed by atoms with van der Waals surface area (Å²) in [5.74, 6) is 0. The topological polar surface area (TPSA) is 24.9 Å². The van der Waals surface area contributed by atoms with Crippen LogP contribution in [0.25, 0.3) is 22.3 Å². The predicted octanol–water partition coefficient (Wildman–Crippen LogP) is 7.93. The second kappa shape index (κ2) is 9.54. The number of aromatic nitrogens is 1. The van der Waals surface area contributed by atoms with Gasteiger partial charge >= 0.3 is 0 Å². The Balaban J connectivity index is 1.73. The molecular weight excluding hydrogens is 400 g/mol. The summed E-state index contributed by atoms with van der Waals surface area (Å²) in [6.45, 7) is 2.16. The third-order valence-electron chi connectivity index (χ3n) is 5.86. The molecule has 2 nitrogen and oxygen atoms in total. The van der Waals surface area contributed by atoms with Gasteiger partial charge in [-0.3, -0.25) is 4.98 Å². The van der Waals surface area contributed by atoms with Gasteiger partial charge in [0.05, 0.1) is 17.4 Å². The molecule has 1 atom stereocenters. The summed E-state index contributed by atoms with van der Waals surface area (Å²) < 4.78 is 0. The normalized spacial score (nSPS) is 11.7. The van der Waals surface area contributed by atoms with Crippen LogP contribution < -0.4 is 5.32 Å². The zero-order chi connectivity index (χ0) is 22.5. The van der Waals surface area contributed by atoms with Crippen LogP contribution in [0.15, 0.2) is 128 Å². The van der Waals surface area contributed by atoms with E-state index in [0.29, 0.717) is 0 Å². The second-order valence-electron chi connectivity index (χ2n) is 8.21. The smallest absolute Gasteiger partial charge is 0.0940 e. The van der Waals surface area contributed by atoms with Crippen LogP contribution in [0.4, 0.5) is 5.69 Å². The van der Waals surface area contributed by atoms with E-state index in [0.717, 1.165) is 11.4 Å². The zero-order valence-electron chi connectivity index (χ0n) is 18.6. The van der Waals surface area contributed by atoms with Crippen LogP contribution in [0.2, 0.25) is 0 Å². The number of benzene rings is 4. The maximum atomic E-state index is 4.71. The van der Waals surface area contributed by atoms with Gasteiger partial charge in [0, 0.05) is 17.3 Å². The Labute approximate surface area is 195 Å². The minimum absolute atomic E-state index is 0.0833. The molecule has 160 valence electrons. The maximum Gasteiger partial charge on any atom is 0.0940 e. The van der Waals surface area contributed by atoms with Gasteiger partial charge in [-0.1, -0.05) is 97.1 Å². The molecule has 0 radical (unpaired) electrons. The maximum absolute atomic E-state index is 4.71. The van der Waals surface area contributed by atoms with Gasteiger partial charge in [0.2, 0.25) is 0 Å². The molecule has 0 saturated carbocycles. The van der Waals surface area contributed by atoms with E-state index in [1.165, 1.54) is 33.4 Å². The SMILES string of the molecule is Cc1cc(-c2ccccc2)c(NC(c2ccccc2)c2ccccn2)c(-c2ccccc2)c1. The lowest BCUT2D eigenvalue weighted by Gasteiger charge is -2.25. The fourth-order valence-electron chi connectivity index (χ4n) is 4.30. The Kier molecular flexibility index (Phi) is 5.99. The van der Waals surface area contributed by atoms with Crippen molar-refractivity contribution in [2.75, 3.05) is 5.32 Å². The lowest BCUT2D eigenvalue weighted by molar-refractivity contribution is 0.888. The number of nitrogens with zero attached hydrogens (tertiary/aromatic N) is 1. The number of hydrogen-bond acceptors (Lipinski definition) is 2. The summed E-state index contributed by atoms with van der Waals surface area (Å²) in [5, 5.41) is 3.91. The highest BCUT2D eigenvalue weighted by Gasteiger charge is 2.20. The Bertz CT molecular complexity index is 1220. The van der Waals surface area contributed by atoms with Gasteiger partial charge in [-0.15, -0.1) is 0 Å². The Hall–Kier alpha value is -4.17. The van der Waals surface area contributed by atoms with E-state index in [9.17, 15) is 0 Å². The Morgan fingerprint density at radius 2 is 1.12 bits per heavy atom. The number of hydrogen-bond donors (Lipinski definition) is 1. The molecule has 2 heteroatoms. The summed E-state index contributed by atoms with van der Waals surface area (Å²) in [6.07, 6.45) is 1.86. The molecule has 0 aliphatic heterocycles. The van der Waals surface area contributed by atoms with Gasteiger partial charge in [0.25, 0.3) is 0 Å². The molecule has 33 heavy (non-hydrogen) atoms. The molecule has 0 aliphatic rings. The molecular formula is C31H26N2. The molecule has 0 amide bonds. The molecule has 5 rings (SSSR count). The van der Waals surface area contributed by atoms with Crippen molar-refractivity contribution >= 4 is 5.69 Å². The number of rotatable bonds is 6.